The Morgan fingerprint density at radius 1 is 1.60 bits per heavy atom. The monoisotopic (exact) mass is 140 g/mol. The summed E-state index contributed by atoms with van der Waals surface area (Å²) < 4.78 is 12.7. The van der Waals surface area contributed by atoms with Gasteiger partial charge in [-0.05, 0) is 25.0 Å². The number of hydrogen-bond donors (Lipinski definition) is 0. The summed E-state index contributed by atoms with van der Waals surface area (Å²) in [5, 5.41) is 0. The Morgan fingerprint density at radius 2 is 2.20 bits per heavy atom. The first-order chi connectivity index (χ1) is 4.72. The molecule has 0 aliphatic rings. The van der Waals surface area contributed by atoms with Crippen LogP contribution in [0.5, 0.6) is 0 Å². The number of allylic oxidation sites excluding steroid dienone is 5. The third-order valence-electron chi connectivity index (χ3n) is 1.15. The van der Waals surface area contributed by atoms with Crippen LogP contribution in [-0.2, 0) is 0 Å². The summed E-state index contributed by atoms with van der Waals surface area (Å²) in [5.41, 5.74) is 0.683. The van der Waals surface area contributed by atoms with Crippen LogP contribution >= 0.6 is 0 Å². The molecule has 0 aromatic heterocycles. The van der Waals surface area contributed by atoms with Crippen LogP contribution < -0.4 is 0 Å². The molecule has 0 aliphatic carbocycles. The molecule has 0 saturated carbocycles. The van der Waals surface area contributed by atoms with Crippen LogP contribution in [0.3, 0.4) is 0 Å². The predicted molar refractivity (Wildman–Crippen MR) is 43.4 cm³/mol. The highest BCUT2D eigenvalue weighted by atomic mass is 19.1. The quantitative estimate of drug-likeness (QED) is 0.527. The lowest BCUT2D eigenvalue weighted by molar-refractivity contribution is 0.650. The zero-order valence-corrected chi connectivity index (χ0v) is 6.52. The second-order valence-electron chi connectivity index (χ2n) is 2.05. The zero-order chi connectivity index (χ0) is 7.98. The van der Waals surface area contributed by atoms with Crippen molar-refractivity contribution < 1.29 is 4.39 Å². The maximum atomic E-state index is 12.7. The fourth-order valence-corrected chi connectivity index (χ4v) is 0.639. The second-order valence-corrected chi connectivity index (χ2v) is 2.05. The molecule has 10 heavy (non-hydrogen) atoms. The molecule has 0 nitrogen and oxygen atoms in total. The highest BCUT2D eigenvalue weighted by Gasteiger charge is 1.92. The van der Waals surface area contributed by atoms with Gasteiger partial charge in [-0.3, -0.25) is 0 Å². The van der Waals surface area contributed by atoms with E-state index in [1.54, 1.807) is 6.92 Å². The molecule has 0 unspecified atom stereocenters. The number of halogens is 1. The van der Waals surface area contributed by atoms with Crippen LogP contribution in [0.1, 0.15) is 20.3 Å². The number of rotatable bonds is 3. The highest BCUT2D eigenvalue weighted by Crippen LogP contribution is 2.10. The van der Waals surface area contributed by atoms with Gasteiger partial charge in [0.2, 0.25) is 0 Å². The molecule has 0 aromatic carbocycles. The first-order valence-electron chi connectivity index (χ1n) is 3.37. The maximum absolute atomic E-state index is 12.7. The Morgan fingerprint density at radius 3 is 2.60 bits per heavy atom. The van der Waals surface area contributed by atoms with Gasteiger partial charge in [0.05, 0.1) is 0 Å². The summed E-state index contributed by atoms with van der Waals surface area (Å²) in [7, 11) is 0. The molecule has 0 aromatic rings. The van der Waals surface area contributed by atoms with E-state index in [0.29, 0.717) is 5.57 Å². The van der Waals surface area contributed by atoms with Gasteiger partial charge in [-0.15, -0.1) is 0 Å². The zero-order valence-electron chi connectivity index (χ0n) is 6.52. The van der Waals surface area contributed by atoms with Crippen molar-refractivity contribution >= 4 is 0 Å². The Bertz CT molecular complexity index is 164. The van der Waals surface area contributed by atoms with E-state index in [4.69, 9.17) is 0 Å². The van der Waals surface area contributed by atoms with E-state index in [2.05, 4.69) is 6.58 Å². The molecular weight excluding hydrogens is 127 g/mol. The Hall–Kier alpha value is -0.850. The largest absolute Gasteiger partial charge is 0.207 e. The average Bonchev–Trinajstić information content (AvgIpc) is 1.89. The van der Waals surface area contributed by atoms with E-state index in [-0.39, 0.29) is 5.83 Å². The predicted octanol–water partition coefficient (Wildman–Crippen LogP) is 3.38. The van der Waals surface area contributed by atoms with Crippen molar-refractivity contribution in [3.8, 4) is 0 Å². The van der Waals surface area contributed by atoms with Gasteiger partial charge < -0.3 is 0 Å². The average molecular weight is 140 g/mol. The molecule has 56 valence electrons. The summed E-state index contributed by atoms with van der Waals surface area (Å²) in [4.78, 5) is 0. The van der Waals surface area contributed by atoms with Crippen molar-refractivity contribution in [1.82, 2.24) is 0 Å². The van der Waals surface area contributed by atoms with Gasteiger partial charge in [-0.2, -0.15) is 0 Å². The van der Waals surface area contributed by atoms with E-state index < -0.39 is 0 Å². The van der Waals surface area contributed by atoms with Crippen LogP contribution in [0.15, 0.2) is 36.2 Å². The van der Waals surface area contributed by atoms with Crippen molar-refractivity contribution in [1.29, 1.82) is 0 Å². The van der Waals surface area contributed by atoms with Crippen LogP contribution in [0.4, 0.5) is 4.39 Å². The molecule has 0 amide bonds. The third-order valence-corrected chi connectivity index (χ3v) is 1.15. The lowest BCUT2D eigenvalue weighted by Gasteiger charge is -1.93. The Labute approximate surface area is 61.8 Å². The lowest BCUT2D eigenvalue weighted by Crippen LogP contribution is -1.75. The SMILES string of the molecule is C=C/C=C(F)\C(C)=C/CC. The Kier molecular flexibility index (Phi) is 4.55. The molecule has 0 aliphatic heterocycles. The molecule has 0 heterocycles. The summed E-state index contributed by atoms with van der Waals surface area (Å²) in [5.74, 6) is -0.197. The minimum atomic E-state index is -0.197. The van der Waals surface area contributed by atoms with Crippen LogP contribution in [-0.4, -0.2) is 0 Å². The maximum Gasteiger partial charge on any atom is 0.125 e. The number of hydrogen-bond acceptors (Lipinski definition) is 0. The van der Waals surface area contributed by atoms with Crippen molar-refractivity contribution in [2.45, 2.75) is 20.3 Å². The van der Waals surface area contributed by atoms with Crippen LogP contribution in [0, 0.1) is 0 Å². The molecule has 0 radical (unpaired) electrons. The first kappa shape index (κ1) is 9.15. The topological polar surface area (TPSA) is 0 Å². The second kappa shape index (κ2) is 4.98. The van der Waals surface area contributed by atoms with Crippen molar-refractivity contribution in [3.05, 3.63) is 36.2 Å². The molecule has 0 fully saturated rings. The molecule has 0 N–H and O–H groups in total. The standard InChI is InChI=1S/C9H13F/c1-4-6-8(3)9(10)7-5-2/h5-7H,2,4H2,1,3H3/b8-6-,9-7+. The molecule has 0 atom stereocenters. The van der Waals surface area contributed by atoms with E-state index in [0.717, 1.165) is 6.42 Å². The van der Waals surface area contributed by atoms with Gasteiger partial charge in [-0.1, -0.05) is 25.7 Å². The van der Waals surface area contributed by atoms with Gasteiger partial charge in [0, 0.05) is 0 Å². The fourth-order valence-electron chi connectivity index (χ4n) is 0.639. The van der Waals surface area contributed by atoms with Gasteiger partial charge in [0.1, 0.15) is 5.83 Å². The van der Waals surface area contributed by atoms with Crippen molar-refractivity contribution in [2.24, 2.45) is 0 Å². The van der Waals surface area contributed by atoms with Gasteiger partial charge >= 0.3 is 0 Å². The van der Waals surface area contributed by atoms with Crippen molar-refractivity contribution in [2.75, 3.05) is 0 Å². The lowest BCUT2D eigenvalue weighted by atomic mass is 10.2. The van der Waals surface area contributed by atoms with E-state index >= 15 is 0 Å². The van der Waals surface area contributed by atoms with Gasteiger partial charge in [0.15, 0.2) is 0 Å². The first-order valence-corrected chi connectivity index (χ1v) is 3.37. The van der Waals surface area contributed by atoms with Gasteiger partial charge in [-0.25, -0.2) is 4.39 Å². The molecule has 0 spiro atoms. The minimum Gasteiger partial charge on any atom is -0.207 e. The summed E-state index contributed by atoms with van der Waals surface area (Å²) in [6, 6.07) is 0. The van der Waals surface area contributed by atoms with E-state index in [1.807, 2.05) is 13.0 Å². The van der Waals surface area contributed by atoms with E-state index in [9.17, 15) is 4.39 Å². The summed E-state index contributed by atoms with van der Waals surface area (Å²) in [6.07, 6.45) is 5.52. The molecular formula is C9H13F. The minimum absolute atomic E-state index is 0.197. The smallest absolute Gasteiger partial charge is 0.125 e. The fraction of sp³-hybridized carbons (Fsp3) is 0.333. The highest BCUT2D eigenvalue weighted by molar-refractivity contribution is 5.25. The third kappa shape index (κ3) is 3.23. The normalized spacial score (nSPS) is 13.5. The molecule has 0 saturated heterocycles. The molecule has 0 rings (SSSR count). The van der Waals surface area contributed by atoms with Crippen LogP contribution in [0.25, 0.3) is 0 Å². The van der Waals surface area contributed by atoms with Gasteiger partial charge in [0.25, 0.3) is 0 Å². The van der Waals surface area contributed by atoms with E-state index in [1.165, 1.54) is 12.2 Å². The Balaban J connectivity index is 4.19. The van der Waals surface area contributed by atoms with Crippen LogP contribution in [0.2, 0.25) is 0 Å². The van der Waals surface area contributed by atoms with Crippen molar-refractivity contribution in [3.63, 3.8) is 0 Å². The molecule has 1 heteroatoms. The summed E-state index contributed by atoms with van der Waals surface area (Å²) in [6.45, 7) is 7.13. The summed E-state index contributed by atoms with van der Waals surface area (Å²) >= 11 is 0. The molecule has 0 bridgehead atoms.